The molecule has 0 radical (unpaired) electrons. The molecule has 0 fully saturated rings. The lowest BCUT2D eigenvalue weighted by Gasteiger charge is -2.02. The number of rotatable bonds is 7. The van der Waals surface area contributed by atoms with Gasteiger partial charge in [0.25, 0.3) is 0 Å². The van der Waals surface area contributed by atoms with Crippen LogP contribution in [0, 0.1) is 0 Å². The Morgan fingerprint density at radius 1 is 1.00 bits per heavy atom. The molecule has 1 aromatic heterocycles. The molecule has 2 heteroatoms. The molecular weight excluding hydrogens is 234 g/mol. The number of fused-ring (bicyclic) bond motifs is 1. The SMILES string of the molecule is CCCCCCCC(=O)c1ccc2ccccc2n1. The minimum absolute atomic E-state index is 0.169. The highest BCUT2D eigenvalue weighted by Gasteiger charge is 2.07. The van der Waals surface area contributed by atoms with E-state index in [2.05, 4.69) is 11.9 Å². The number of hydrogen-bond acceptors (Lipinski definition) is 2. The van der Waals surface area contributed by atoms with Crippen LogP contribution in [0.3, 0.4) is 0 Å². The predicted octanol–water partition coefficient (Wildman–Crippen LogP) is 4.78. The van der Waals surface area contributed by atoms with Crippen LogP contribution in [0.15, 0.2) is 36.4 Å². The van der Waals surface area contributed by atoms with Gasteiger partial charge in [0.1, 0.15) is 5.69 Å². The molecule has 0 aliphatic rings. The molecule has 0 aliphatic heterocycles. The van der Waals surface area contributed by atoms with Crippen molar-refractivity contribution in [2.75, 3.05) is 0 Å². The average Bonchev–Trinajstić information content (AvgIpc) is 2.46. The fourth-order valence-corrected chi connectivity index (χ4v) is 2.24. The molecule has 0 atom stereocenters. The van der Waals surface area contributed by atoms with Crippen molar-refractivity contribution in [1.82, 2.24) is 4.98 Å². The van der Waals surface area contributed by atoms with Gasteiger partial charge in [0.15, 0.2) is 5.78 Å². The largest absolute Gasteiger partial charge is 0.292 e. The van der Waals surface area contributed by atoms with E-state index >= 15 is 0 Å². The van der Waals surface area contributed by atoms with Crippen molar-refractivity contribution in [3.8, 4) is 0 Å². The Balaban J connectivity index is 1.93. The summed E-state index contributed by atoms with van der Waals surface area (Å²) in [5, 5.41) is 1.09. The van der Waals surface area contributed by atoms with E-state index < -0.39 is 0 Å². The quantitative estimate of drug-likeness (QED) is 0.526. The van der Waals surface area contributed by atoms with E-state index in [1.54, 1.807) is 0 Å². The maximum atomic E-state index is 12.1. The van der Waals surface area contributed by atoms with Crippen LogP contribution in [0.5, 0.6) is 0 Å². The number of benzene rings is 1. The zero-order valence-corrected chi connectivity index (χ0v) is 11.6. The first-order valence-electron chi connectivity index (χ1n) is 7.20. The highest BCUT2D eigenvalue weighted by atomic mass is 16.1. The molecule has 2 nitrogen and oxygen atoms in total. The zero-order valence-electron chi connectivity index (χ0n) is 11.6. The molecule has 0 saturated heterocycles. The molecule has 2 rings (SSSR count). The third-order valence-corrected chi connectivity index (χ3v) is 3.39. The monoisotopic (exact) mass is 255 g/mol. The van der Waals surface area contributed by atoms with Gasteiger partial charge < -0.3 is 0 Å². The summed E-state index contributed by atoms with van der Waals surface area (Å²) in [7, 11) is 0. The molecule has 0 N–H and O–H groups in total. The number of Topliss-reactive ketones (excluding diaryl/α,β-unsaturated/α-hetero) is 1. The maximum Gasteiger partial charge on any atom is 0.181 e. The molecule has 0 bridgehead atoms. The molecule has 19 heavy (non-hydrogen) atoms. The minimum atomic E-state index is 0.169. The van der Waals surface area contributed by atoms with E-state index in [0.29, 0.717) is 12.1 Å². The second-order valence-electron chi connectivity index (χ2n) is 4.98. The fraction of sp³-hybridized carbons (Fsp3) is 0.412. The van der Waals surface area contributed by atoms with Crippen LogP contribution in [0.4, 0.5) is 0 Å². The van der Waals surface area contributed by atoms with E-state index in [1.165, 1.54) is 19.3 Å². The van der Waals surface area contributed by atoms with Gasteiger partial charge in [-0.15, -0.1) is 0 Å². The molecule has 100 valence electrons. The Morgan fingerprint density at radius 2 is 1.79 bits per heavy atom. The third kappa shape index (κ3) is 3.88. The number of para-hydroxylation sites is 1. The van der Waals surface area contributed by atoms with E-state index in [4.69, 9.17) is 0 Å². The summed E-state index contributed by atoms with van der Waals surface area (Å²) < 4.78 is 0. The first-order chi connectivity index (χ1) is 9.31. The molecular formula is C17H21NO. The second-order valence-corrected chi connectivity index (χ2v) is 4.98. The fourth-order valence-electron chi connectivity index (χ4n) is 2.24. The van der Waals surface area contributed by atoms with Crippen molar-refractivity contribution >= 4 is 16.7 Å². The number of carbonyl (C=O) groups is 1. The molecule has 0 spiro atoms. The molecule has 1 heterocycles. The van der Waals surface area contributed by atoms with Gasteiger partial charge >= 0.3 is 0 Å². The number of ketones is 1. The zero-order chi connectivity index (χ0) is 13.5. The van der Waals surface area contributed by atoms with Crippen molar-refractivity contribution in [3.05, 3.63) is 42.1 Å². The number of nitrogens with zero attached hydrogens (tertiary/aromatic N) is 1. The molecule has 0 unspecified atom stereocenters. The Hall–Kier alpha value is -1.70. The Bertz CT molecular complexity index is 548. The van der Waals surface area contributed by atoms with E-state index in [0.717, 1.165) is 23.7 Å². The molecule has 0 amide bonds. The van der Waals surface area contributed by atoms with Gasteiger partial charge in [-0.05, 0) is 18.6 Å². The van der Waals surface area contributed by atoms with Gasteiger partial charge in [0.05, 0.1) is 5.52 Å². The van der Waals surface area contributed by atoms with Crippen molar-refractivity contribution in [1.29, 1.82) is 0 Å². The smallest absolute Gasteiger partial charge is 0.181 e. The summed E-state index contributed by atoms with van der Waals surface area (Å²) in [6.45, 7) is 2.20. The van der Waals surface area contributed by atoms with Crippen molar-refractivity contribution in [2.45, 2.75) is 45.4 Å². The number of aromatic nitrogens is 1. The van der Waals surface area contributed by atoms with Gasteiger partial charge in [0.2, 0.25) is 0 Å². The first-order valence-corrected chi connectivity index (χ1v) is 7.20. The highest BCUT2D eigenvalue weighted by Crippen LogP contribution is 2.14. The van der Waals surface area contributed by atoms with Crippen LogP contribution in [0.2, 0.25) is 0 Å². The van der Waals surface area contributed by atoms with Gasteiger partial charge in [-0.3, -0.25) is 4.79 Å². The lowest BCUT2D eigenvalue weighted by molar-refractivity contribution is 0.0974. The molecule has 0 aliphatic carbocycles. The average molecular weight is 255 g/mol. The standard InChI is InChI=1S/C17H21NO/c1-2-3-4-5-6-11-17(19)16-13-12-14-9-7-8-10-15(14)18-16/h7-10,12-13H,2-6,11H2,1H3. The van der Waals surface area contributed by atoms with E-state index in [1.807, 2.05) is 36.4 Å². The summed E-state index contributed by atoms with van der Waals surface area (Å²) in [4.78, 5) is 16.5. The normalized spacial score (nSPS) is 10.8. The Labute approximate surface area is 114 Å². The number of unbranched alkanes of at least 4 members (excludes halogenated alkanes) is 4. The van der Waals surface area contributed by atoms with Crippen LogP contribution in [0.25, 0.3) is 10.9 Å². The Morgan fingerprint density at radius 3 is 2.63 bits per heavy atom. The summed E-state index contributed by atoms with van der Waals surface area (Å²) in [6, 6.07) is 11.7. The number of carbonyl (C=O) groups excluding carboxylic acids is 1. The van der Waals surface area contributed by atoms with Crippen molar-refractivity contribution in [3.63, 3.8) is 0 Å². The lowest BCUT2D eigenvalue weighted by atomic mass is 10.1. The number of pyridine rings is 1. The van der Waals surface area contributed by atoms with Gasteiger partial charge in [-0.1, -0.05) is 56.9 Å². The summed E-state index contributed by atoms with van der Waals surface area (Å²) in [5.74, 6) is 0.169. The van der Waals surface area contributed by atoms with Crippen LogP contribution >= 0.6 is 0 Å². The minimum Gasteiger partial charge on any atom is -0.292 e. The van der Waals surface area contributed by atoms with Gasteiger partial charge in [0, 0.05) is 11.8 Å². The predicted molar refractivity (Wildman–Crippen MR) is 79.4 cm³/mol. The third-order valence-electron chi connectivity index (χ3n) is 3.39. The van der Waals surface area contributed by atoms with Crippen LogP contribution in [-0.4, -0.2) is 10.8 Å². The van der Waals surface area contributed by atoms with Crippen LogP contribution < -0.4 is 0 Å². The van der Waals surface area contributed by atoms with Crippen molar-refractivity contribution < 1.29 is 4.79 Å². The highest BCUT2D eigenvalue weighted by molar-refractivity contribution is 5.96. The van der Waals surface area contributed by atoms with Crippen LogP contribution in [-0.2, 0) is 0 Å². The first kappa shape index (κ1) is 13.7. The van der Waals surface area contributed by atoms with Gasteiger partial charge in [-0.25, -0.2) is 4.98 Å². The van der Waals surface area contributed by atoms with E-state index in [9.17, 15) is 4.79 Å². The van der Waals surface area contributed by atoms with E-state index in [-0.39, 0.29) is 5.78 Å². The summed E-state index contributed by atoms with van der Waals surface area (Å²) in [5.41, 5.74) is 1.51. The second kappa shape index (κ2) is 7.03. The maximum absolute atomic E-state index is 12.1. The number of hydrogen-bond donors (Lipinski definition) is 0. The topological polar surface area (TPSA) is 30.0 Å². The molecule has 0 saturated carbocycles. The Kier molecular flexibility index (Phi) is 5.08. The van der Waals surface area contributed by atoms with Crippen molar-refractivity contribution in [2.24, 2.45) is 0 Å². The lowest BCUT2D eigenvalue weighted by Crippen LogP contribution is -2.02. The van der Waals surface area contributed by atoms with Crippen LogP contribution in [0.1, 0.15) is 55.9 Å². The summed E-state index contributed by atoms with van der Waals surface area (Å²) >= 11 is 0. The molecule has 2 aromatic rings. The summed E-state index contributed by atoms with van der Waals surface area (Å²) in [6.07, 6.45) is 6.48. The molecule has 1 aromatic carbocycles. The van der Waals surface area contributed by atoms with Gasteiger partial charge in [-0.2, -0.15) is 0 Å².